The summed E-state index contributed by atoms with van der Waals surface area (Å²) in [7, 11) is 0. The molecule has 2 amide bonds. The molecule has 2 aromatic rings. The van der Waals surface area contributed by atoms with Crippen LogP contribution in [-0.2, 0) is 22.7 Å². The summed E-state index contributed by atoms with van der Waals surface area (Å²) >= 11 is 0. The van der Waals surface area contributed by atoms with E-state index in [0.717, 1.165) is 37.0 Å². The van der Waals surface area contributed by atoms with E-state index in [0.29, 0.717) is 12.4 Å². The van der Waals surface area contributed by atoms with Crippen molar-refractivity contribution >= 4 is 22.8 Å². The van der Waals surface area contributed by atoms with Crippen molar-refractivity contribution in [1.29, 1.82) is 0 Å². The van der Waals surface area contributed by atoms with E-state index in [1.54, 1.807) is 0 Å². The number of hydrogen-bond donors (Lipinski definition) is 1. The lowest BCUT2D eigenvalue weighted by Gasteiger charge is -2.22. The van der Waals surface area contributed by atoms with Crippen molar-refractivity contribution < 1.29 is 9.59 Å². The first kappa shape index (κ1) is 20.9. The van der Waals surface area contributed by atoms with Crippen LogP contribution in [0.25, 0.3) is 11.0 Å². The smallest absolute Gasteiger partial charge is 0.242 e. The van der Waals surface area contributed by atoms with Gasteiger partial charge in [0.1, 0.15) is 12.4 Å². The van der Waals surface area contributed by atoms with Gasteiger partial charge in [-0.3, -0.25) is 9.59 Å². The van der Waals surface area contributed by atoms with E-state index >= 15 is 0 Å². The maximum Gasteiger partial charge on any atom is 0.242 e. The number of nitrogens with zero attached hydrogens (tertiary/aromatic N) is 3. The predicted molar refractivity (Wildman–Crippen MR) is 108 cm³/mol. The van der Waals surface area contributed by atoms with E-state index in [1.807, 2.05) is 54.5 Å². The number of para-hydroxylation sites is 2. The Kier molecular flexibility index (Phi) is 6.99. The van der Waals surface area contributed by atoms with Crippen LogP contribution in [0.2, 0.25) is 0 Å². The normalized spacial score (nSPS) is 11.6. The monoisotopic (exact) mass is 372 g/mol. The third kappa shape index (κ3) is 5.31. The Morgan fingerprint density at radius 2 is 1.74 bits per heavy atom. The highest BCUT2D eigenvalue weighted by molar-refractivity contribution is 5.82. The van der Waals surface area contributed by atoms with Crippen molar-refractivity contribution in [2.75, 3.05) is 13.1 Å². The summed E-state index contributed by atoms with van der Waals surface area (Å²) in [4.78, 5) is 31.7. The minimum Gasteiger partial charge on any atom is -0.348 e. The van der Waals surface area contributed by atoms with E-state index < -0.39 is 5.41 Å². The zero-order chi connectivity index (χ0) is 20.0. The first-order valence-corrected chi connectivity index (χ1v) is 9.78. The maximum absolute atomic E-state index is 12.9. The lowest BCUT2D eigenvalue weighted by atomic mass is 9.96. The zero-order valence-electron chi connectivity index (χ0n) is 17.2. The van der Waals surface area contributed by atoms with Crippen molar-refractivity contribution in [3.8, 4) is 0 Å². The summed E-state index contributed by atoms with van der Waals surface area (Å²) in [5.41, 5.74) is 1.28. The molecule has 1 aromatic heterocycles. The number of carbonyl (C=O) groups is 2. The molecule has 2 rings (SSSR count). The molecule has 0 aliphatic heterocycles. The van der Waals surface area contributed by atoms with Gasteiger partial charge in [-0.15, -0.1) is 0 Å². The summed E-state index contributed by atoms with van der Waals surface area (Å²) in [6.07, 6.45) is 1.87. The molecule has 1 heterocycles. The lowest BCUT2D eigenvalue weighted by Crippen LogP contribution is -2.37. The Morgan fingerprint density at radius 1 is 1.11 bits per heavy atom. The Balaban J connectivity index is 2.28. The van der Waals surface area contributed by atoms with Gasteiger partial charge in [0.2, 0.25) is 11.8 Å². The molecule has 0 radical (unpaired) electrons. The van der Waals surface area contributed by atoms with Gasteiger partial charge in [-0.1, -0.05) is 46.8 Å². The molecular weight excluding hydrogens is 340 g/mol. The second-order valence-electron chi connectivity index (χ2n) is 7.92. The largest absolute Gasteiger partial charge is 0.348 e. The second kappa shape index (κ2) is 9.02. The van der Waals surface area contributed by atoms with Crippen LogP contribution in [0.15, 0.2) is 24.3 Å². The molecule has 148 valence electrons. The number of hydrogen-bond acceptors (Lipinski definition) is 3. The summed E-state index contributed by atoms with van der Waals surface area (Å²) in [6, 6.07) is 7.77. The molecule has 0 fully saturated rings. The quantitative estimate of drug-likeness (QED) is 0.773. The Bertz CT molecular complexity index is 783. The van der Waals surface area contributed by atoms with Crippen molar-refractivity contribution in [3.63, 3.8) is 0 Å². The van der Waals surface area contributed by atoms with Crippen LogP contribution in [0.3, 0.4) is 0 Å². The molecule has 0 aliphatic carbocycles. The van der Waals surface area contributed by atoms with Crippen LogP contribution in [0.5, 0.6) is 0 Å². The second-order valence-corrected chi connectivity index (χ2v) is 7.92. The van der Waals surface area contributed by atoms with Crippen LogP contribution in [0, 0.1) is 5.41 Å². The van der Waals surface area contributed by atoms with Crippen LogP contribution >= 0.6 is 0 Å². The Labute approximate surface area is 161 Å². The van der Waals surface area contributed by atoms with E-state index in [-0.39, 0.29) is 18.4 Å². The molecular formula is C21H32N4O2. The van der Waals surface area contributed by atoms with E-state index in [2.05, 4.69) is 24.1 Å². The average molecular weight is 373 g/mol. The van der Waals surface area contributed by atoms with Crippen molar-refractivity contribution in [1.82, 2.24) is 19.8 Å². The van der Waals surface area contributed by atoms with Crippen LogP contribution < -0.4 is 5.32 Å². The first-order valence-electron chi connectivity index (χ1n) is 9.78. The number of benzene rings is 1. The van der Waals surface area contributed by atoms with Gasteiger partial charge in [0, 0.05) is 18.5 Å². The molecule has 1 N–H and O–H groups in total. The number of nitrogens with one attached hydrogen (secondary N) is 1. The van der Waals surface area contributed by atoms with Gasteiger partial charge in [0.05, 0.1) is 17.6 Å². The maximum atomic E-state index is 12.9. The molecule has 6 heteroatoms. The number of carbonyl (C=O) groups excluding carboxylic acids is 2. The summed E-state index contributed by atoms with van der Waals surface area (Å²) in [5.74, 6) is 0.756. The Hall–Kier alpha value is -2.37. The average Bonchev–Trinajstić information content (AvgIpc) is 2.96. The molecule has 0 saturated carbocycles. The standard InChI is InChI=1S/C21H32N4O2/c1-6-12-24(13-7-2)19(26)15-25-17-11-9-8-10-16(17)23-18(25)14-22-20(27)21(3,4)5/h8-11H,6-7,12-15H2,1-5H3,(H,22,27). The molecule has 0 aliphatic rings. The molecule has 27 heavy (non-hydrogen) atoms. The SMILES string of the molecule is CCCN(CCC)C(=O)Cn1c(CNC(=O)C(C)(C)C)nc2ccccc21. The fourth-order valence-electron chi connectivity index (χ4n) is 3.00. The summed E-state index contributed by atoms with van der Waals surface area (Å²) in [6.45, 7) is 11.9. The third-order valence-corrected chi connectivity index (χ3v) is 4.45. The van der Waals surface area contributed by atoms with E-state index in [4.69, 9.17) is 0 Å². The minimum absolute atomic E-state index is 0.0361. The highest BCUT2D eigenvalue weighted by Gasteiger charge is 2.22. The fraction of sp³-hybridized carbons (Fsp3) is 0.571. The van der Waals surface area contributed by atoms with Gasteiger partial charge in [0.25, 0.3) is 0 Å². The molecule has 0 atom stereocenters. The number of fused-ring (bicyclic) bond motifs is 1. The van der Waals surface area contributed by atoms with Gasteiger partial charge in [-0.05, 0) is 25.0 Å². The number of aromatic nitrogens is 2. The molecule has 0 bridgehead atoms. The molecule has 0 spiro atoms. The van der Waals surface area contributed by atoms with Crippen LogP contribution in [0.4, 0.5) is 0 Å². The molecule has 6 nitrogen and oxygen atoms in total. The number of imidazole rings is 1. The van der Waals surface area contributed by atoms with Gasteiger partial charge in [0.15, 0.2) is 0 Å². The highest BCUT2D eigenvalue weighted by atomic mass is 16.2. The topological polar surface area (TPSA) is 67.2 Å². The first-order chi connectivity index (χ1) is 12.8. The van der Waals surface area contributed by atoms with Gasteiger partial charge >= 0.3 is 0 Å². The minimum atomic E-state index is -0.467. The summed E-state index contributed by atoms with van der Waals surface area (Å²) < 4.78 is 1.93. The van der Waals surface area contributed by atoms with Crippen molar-refractivity contribution in [2.24, 2.45) is 5.41 Å². The number of amides is 2. The predicted octanol–water partition coefficient (Wildman–Crippen LogP) is 3.35. The van der Waals surface area contributed by atoms with E-state index in [9.17, 15) is 9.59 Å². The van der Waals surface area contributed by atoms with Gasteiger partial charge < -0.3 is 14.8 Å². The fourth-order valence-corrected chi connectivity index (χ4v) is 3.00. The Morgan fingerprint density at radius 3 is 2.33 bits per heavy atom. The van der Waals surface area contributed by atoms with E-state index in [1.165, 1.54) is 0 Å². The van der Waals surface area contributed by atoms with Crippen LogP contribution in [0.1, 0.15) is 53.3 Å². The van der Waals surface area contributed by atoms with Crippen molar-refractivity contribution in [2.45, 2.75) is 60.5 Å². The van der Waals surface area contributed by atoms with Crippen LogP contribution in [-0.4, -0.2) is 39.4 Å². The lowest BCUT2D eigenvalue weighted by molar-refractivity contribution is -0.131. The molecule has 0 saturated heterocycles. The molecule has 0 unspecified atom stereocenters. The number of rotatable bonds is 8. The summed E-state index contributed by atoms with van der Waals surface area (Å²) in [5, 5.41) is 2.95. The third-order valence-electron chi connectivity index (χ3n) is 4.45. The van der Waals surface area contributed by atoms with Gasteiger partial charge in [-0.25, -0.2) is 4.98 Å². The van der Waals surface area contributed by atoms with Crippen molar-refractivity contribution in [3.05, 3.63) is 30.1 Å². The van der Waals surface area contributed by atoms with Gasteiger partial charge in [-0.2, -0.15) is 0 Å². The molecule has 1 aromatic carbocycles. The highest BCUT2D eigenvalue weighted by Crippen LogP contribution is 2.18. The zero-order valence-corrected chi connectivity index (χ0v) is 17.2.